The van der Waals surface area contributed by atoms with Gasteiger partial charge in [0.2, 0.25) is 0 Å². The first-order valence-electron chi connectivity index (χ1n) is 9.50. The highest BCUT2D eigenvalue weighted by atomic mass is 16.6. The molecule has 1 saturated heterocycles. The van der Waals surface area contributed by atoms with E-state index in [4.69, 9.17) is 4.74 Å². The van der Waals surface area contributed by atoms with Crippen LogP contribution < -0.4 is 5.32 Å². The van der Waals surface area contributed by atoms with Gasteiger partial charge in [-0.15, -0.1) is 0 Å². The van der Waals surface area contributed by atoms with E-state index in [0.29, 0.717) is 12.6 Å². The van der Waals surface area contributed by atoms with Crippen molar-refractivity contribution in [1.29, 1.82) is 0 Å². The summed E-state index contributed by atoms with van der Waals surface area (Å²) in [4.78, 5) is 19.1. The molecule has 0 radical (unpaired) electrons. The molecule has 2 aliphatic rings. The topological polar surface area (TPSA) is 54.5 Å². The highest BCUT2D eigenvalue weighted by molar-refractivity contribution is 5.69. The maximum Gasteiger partial charge on any atom is 0.410 e. The number of aromatic nitrogens is 1. The summed E-state index contributed by atoms with van der Waals surface area (Å²) in [5.41, 5.74) is 2.11. The van der Waals surface area contributed by atoms with Crippen LogP contribution in [-0.4, -0.2) is 28.6 Å². The Bertz CT molecular complexity index is 746. The zero-order chi connectivity index (χ0) is 17.8. The first kappa shape index (κ1) is 16.9. The van der Waals surface area contributed by atoms with E-state index in [1.807, 2.05) is 47.5 Å². The molecule has 5 nitrogen and oxygen atoms in total. The van der Waals surface area contributed by atoms with Crippen molar-refractivity contribution in [3.63, 3.8) is 0 Å². The lowest BCUT2D eigenvalue weighted by molar-refractivity contribution is 0.0921. The molecule has 0 spiro atoms. The number of benzene rings is 1. The minimum Gasteiger partial charge on any atom is -0.445 e. The molecule has 1 aliphatic heterocycles. The molecule has 1 atom stereocenters. The first-order chi connectivity index (χ1) is 12.8. The number of nitrogens with zero attached hydrogens (tertiary/aromatic N) is 2. The monoisotopic (exact) mass is 351 g/mol. The number of carbonyl (C=O) groups is 1. The second-order valence-corrected chi connectivity index (χ2v) is 7.11. The summed E-state index contributed by atoms with van der Waals surface area (Å²) < 4.78 is 5.56. The highest BCUT2D eigenvalue weighted by Gasteiger charge is 2.33. The van der Waals surface area contributed by atoms with Gasteiger partial charge in [-0.25, -0.2) is 9.78 Å². The largest absolute Gasteiger partial charge is 0.445 e. The standard InChI is InChI=1S/C21H25N3O2/c25-21(26-15-16-7-2-1-3-8-16)24-14-6-12-19(24)18-11-5-13-22-20(18)23-17-9-4-10-17/h1-3,5,7-8,11,13,17,19H,4,6,9-10,12,14-15H2,(H,22,23)/t19-/m0/s1. The maximum absolute atomic E-state index is 12.7. The second-order valence-electron chi connectivity index (χ2n) is 7.11. The molecule has 1 saturated carbocycles. The summed E-state index contributed by atoms with van der Waals surface area (Å²) in [5.74, 6) is 0.921. The lowest BCUT2D eigenvalue weighted by Gasteiger charge is -2.30. The molecular formula is C21H25N3O2. The van der Waals surface area contributed by atoms with E-state index < -0.39 is 0 Å². The normalized spacial score (nSPS) is 19.8. The molecule has 1 aromatic heterocycles. The van der Waals surface area contributed by atoms with Gasteiger partial charge >= 0.3 is 6.09 Å². The second kappa shape index (κ2) is 7.77. The molecule has 4 rings (SSSR count). The minimum atomic E-state index is -0.241. The van der Waals surface area contributed by atoms with E-state index in [0.717, 1.165) is 36.3 Å². The SMILES string of the molecule is O=C(OCc1ccccc1)N1CCC[C@H]1c1cccnc1NC1CCC1. The van der Waals surface area contributed by atoms with Crippen LogP contribution in [0, 0.1) is 0 Å². The molecule has 1 aliphatic carbocycles. The predicted octanol–water partition coefficient (Wildman–Crippen LogP) is 4.52. The summed E-state index contributed by atoms with van der Waals surface area (Å²) >= 11 is 0. The number of anilines is 1. The average molecular weight is 351 g/mol. The first-order valence-corrected chi connectivity index (χ1v) is 9.50. The molecule has 0 bridgehead atoms. The smallest absolute Gasteiger partial charge is 0.410 e. The Balaban J connectivity index is 1.45. The van der Waals surface area contributed by atoms with Crippen molar-refractivity contribution in [2.24, 2.45) is 0 Å². The lowest BCUT2D eigenvalue weighted by atomic mass is 9.92. The molecule has 2 heterocycles. The van der Waals surface area contributed by atoms with E-state index in [1.165, 1.54) is 19.3 Å². The molecule has 1 aromatic carbocycles. The van der Waals surface area contributed by atoms with E-state index in [2.05, 4.69) is 16.4 Å². The van der Waals surface area contributed by atoms with E-state index in [-0.39, 0.29) is 12.1 Å². The Kier molecular flexibility index (Phi) is 5.04. The van der Waals surface area contributed by atoms with Gasteiger partial charge in [0.05, 0.1) is 6.04 Å². The maximum atomic E-state index is 12.7. The number of likely N-dealkylation sites (tertiary alicyclic amines) is 1. The predicted molar refractivity (Wildman–Crippen MR) is 101 cm³/mol. The number of nitrogens with one attached hydrogen (secondary N) is 1. The number of amides is 1. The number of pyridine rings is 1. The van der Waals surface area contributed by atoms with E-state index >= 15 is 0 Å². The minimum absolute atomic E-state index is 0.0366. The molecule has 2 fully saturated rings. The van der Waals surface area contributed by atoms with Gasteiger partial charge < -0.3 is 15.0 Å². The summed E-state index contributed by atoms with van der Waals surface area (Å²) in [5, 5.41) is 3.55. The Morgan fingerprint density at radius 2 is 1.96 bits per heavy atom. The van der Waals surface area contributed by atoms with E-state index in [1.54, 1.807) is 0 Å². The van der Waals surface area contributed by atoms with Crippen LogP contribution in [0.1, 0.15) is 49.3 Å². The van der Waals surface area contributed by atoms with Gasteiger partial charge in [-0.1, -0.05) is 36.4 Å². The van der Waals surface area contributed by atoms with Gasteiger partial charge in [-0.05, 0) is 43.7 Å². The van der Waals surface area contributed by atoms with Crippen molar-refractivity contribution in [3.05, 3.63) is 59.8 Å². The summed E-state index contributed by atoms with van der Waals surface area (Å²) in [6.07, 6.45) is 7.19. The molecule has 1 N–H and O–H groups in total. The van der Waals surface area contributed by atoms with Crippen LogP contribution in [-0.2, 0) is 11.3 Å². The Morgan fingerprint density at radius 3 is 2.73 bits per heavy atom. The van der Waals surface area contributed by atoms with Gasteiger partial charge in [0.15, 0.2) is 0 Å². The fourth-order valence-electron chi connectivity index (χ4n) is 3.66. The third kappa shape index (κ3) is 3.66. The molecule has 136 valence electrons. The van der Waals surface area contributed by atoms with Gasteiger partial charge in [0.25, 0.3) is 0 Å². The highest BCUT2D eigenvalue weighted by Crippen LogP contribution is 2.36. The van der Waals surface area contributed by atoms with Gasteiger partial charge in [-0.2, -0.15) is 0 Å². The van der Waals surface area contributed by atoms with Crippen molar-refractivity contribution in [3.8, 4) is 0 Å². The molecule has 2 aromatic rings. The Morgan fingerprint density at radius 1 is 1.12 bits per heavy atom. The molecule has 1 amide bonds. The molecular weight excluding hydrogens is 326 g/mol. The third-order valence-electron chi connectivity index (χ3n) is 5.34. The Hall–Kier alpha value is -2.56. The van der Waals surface area contributed by atoms with Crippen LogP contribution in [0.4, 0.5) is 10.6 Å². The van der Waals surface area contributed by atoms with Crippen LogP contribution in [0.2, 0.25) is 0 Å². The molecule has 0 unspecified atom stereocenters. The summed E-state index contributed by atoms with van der Waals surface area (Å²) in [6, 6.07) is 14.4. The van der Waals surface area contributed by atoms with E-state index in [9.17, 15) is 4.79 Å². The van der Waals surface area contributed by atoms with Crippen molar-refractivity contribution in [1.82, 2.24) is 9.88 Å². The third-order valence-corrected chi connectivity index (χ3v) is 5.34. The number of ether oxygens (including phenoxy) is 1. The van der Waals surface area contributed by atoms with Crippen molar-refractivity contribution < 1.29 is 9.53 Å². The zero-order valence-electron chi connectivity index (χ0n) is 14.9. The lowest BCUT2D eigenvalue weighted by Crippen LogP contribution is -2.33. The van der Waals surface area contributed by atoms with Gasteiger partial charge in [0, 0.05) is 24.3 Å². The van der Waals surface area contributed by atoms with Gasteiger partial charge in [0.1, 0.15) is 12.4 Å². The number of hydrogen-bond acceptors (Lipinski definition) is 4. The van der Waals surface area contributed by atoms with Crippen molar-refractivity contribution >= 4 is 11.9 Å². The van der Waals surface area contributed by atoms with Crippen LogP contribution in [0.15, 0.2) is 48.7 Å². The zero-order valence-corrected chi connectivity index (χ0v) is 14.9. The van der Waals surface area contributed by atoms with Crippen LogP contribution in [0.3, 0.4) is 0 Å². The summed E-state index contributed by atoms with van der Waals surface area (Å²) in [7, 11) is 0. The number of rotatable bonds is 5. The van der Waals surface area contributed by atoms with Crippen LogP contribution >= 0.6 is 0 Å². The average Bonchev–Trinajstić information content (AvgIpc) is 3.13. The van der Waals surface area contributed by atoms with Crippen molar-refractivity contribution in [2.75, 3.05) is 11.9 Å². The van der Waals surface area contributed by atoms with Crippen LogP contribution in [0.5, 0.6) is 0 Å². The molecule has 5 heteroatoms. The molecule has 26 heavy (non-hydrogen) atoms. The van der Waals surface area contributed by atoms with Crippen molar-refractivity contribution in [2.45, 2.75) is 50.8 Å². The fraction of sp³-hybridized carbons (Fsp3) is 0.429. The summed E-state index contributed by atoms with van der Waals surface area (Å²) in [6.45, 7) is 1.04. The number of hydrogen-bond donors (Lipinski definition) is 1. The van der Waals surface area contributed by atoms with Gasteiger partial charge in [-0.3, -0.25) is 0 Å². The Labute approximate surface area is 154 Å². The fourth-order valence-corrected chi connectivity index (χ4v) is 3.66. The number of carbonyl (C=O) groups excluding carboxylic acids is 1. The quantitative estimate of drug-likeness (QED) is 0.860. The van der Waals surface area contributed by atoms with Crippen LogP contribution in [0.25, 0.3) is 0 Å².